The molecule has 1 aliphatic rings. The number of Topliss-reactive ketones (excluding diaryl/α,β-unsaturated/α-hetero) is 1. The van der Waals surface area contributed by atoms with E-state index in [2.05, 4.69) is 20.9 Å². The lowest BCUT2D eigenvalue weighted by Gasteiger charge is -2.36. The monoisotopic (exact) mass is 529 g/mol. The minimum absolute atomic E-state index is 0.0505. The zero-order valence-electron chi connectivity index (χ0n) is 14.5. The third kappa shape index (κ3) is 3.71. The van der Waals surface area contributed by atoms with E-state index in [1.165, 1.54) is 12.1 Å². The summed E-state index contributed by atoms with van der Waals surface area (Å²) in [6.45, 7) is 1.06. The van der Waals surface area contributed by atoms with E-state index in [-0.39, 0.29) is 30.7 Å². The van der Waals surface area contributed by atoms with Crippen molar-refractivity contribution in [3.8, 4) is 0 Å². The first-order valence-corrected chi connectivity index (χ1v) is 10.0. The van der Waals surface area contributed by atoms with Crippen LogP contribution in [-0.4, -0.2) is 18.2 Å². The summed E-state index contributed by atoms with van der Waals surface area (Å²) in [7, 11) is 0. The number of rotatable bonds is 3. The smallest absolute Gasteiger partial charge is 0.300 e. The van der Waals surface area contributed by atoms with Crippen LogP contribution >= 0.6 is 50.7 Å². The maximum absolute atomic E-state index is 14.5. The van der Waals surface area contributed by atoms with Crippen molar-refractivity contribution in [2.75, 3.05) is 0 Å². The highest BCUT2D eigenvalue weighted by molar-refractivity contribution is 9.10. The Kier molecular flexibility index (Phi) is 6.09. The van der Waals surface area contributed by atoms with Gasteiger partial charge in [-0.15, -0.1) is 0 Å². The number of hydrogen-bond donors (Lipinski definition) is 0. The van der Waals surface area contributed by atoms with E-state index in [0.717, 1.165) is 25.1 Å². The van der Waals surface area contributed by atoms with Crippen molar-refractivity contribution in [3.63, 3.8) is 0 Å². The molecule has 29 heavy (non-hydrogen) atoms. The highest BCUT2D eigenvalue weighted by atomic mass is 79.9. The van der Waals surface area contributed by atoms with Gasteiger partial charge >= 0.3 is 6.18 Å². The van der Waals surface area contributed by atoms with Gasteiger partial charge < -0.3 is 0 Å². The predicted molar refractivity (Wildman–Crippen MR) is 109 cm³/mol. The Morgan fingerprint density at radius 1 is 1.14 bits per heavy atom. The summed E-state index contributed by atoms with van der Waals surface area (Å²) in [6, 6.07) is 4.59. The summed E-state index contributed by atoms with van der Waals surface area (Å²) in [5, 5.41) is -0.453. The second kappa shape index (κ2) is 7.84. The molecule has 3 unspecified atom stereocenters. The molecular formula is C19H11BrCl3F4NO. The van der Waals surface area contributed by atoms with Gasteiger partial charge in [-0.3, -0.25) is 9.79 Å². The first-order valence-electron chi connectivity index (χ1n) is 8.11. The molecule has 1 aliphatic heterocycles. The largest absolute Gasteiger partial charge is 0.404 e. The van der Waals surface area contributed by atoms with E-state index in [0.29, 0.717) is 6.21 Å². The molecule has 0 radical (unpaired) electrons. The summed E-state index contributed by atoms with van der Waals surface area (Å²) in [4.78, 5) is 16.5. The number of halogens is 8. The van der Waals surface area contributed by atoms with Crippen molar-refractivity contribution < 1.29 is 22.4 Å². The van der Waals surface area contributed by atoms with Crippen LogP contribution in [0.4, 0.5) is 17.6 Å². The third-order valence-corrected chi connectivity index (χ3v) is 6.70. The molecule has 2 aromatic carbocycles. The van der Waals surface area contributed by atoms with E-state index in [1.807, 2.05) is 0 Å². The van der Waals surface area contributed by atoms with Crippen LogP contribution in [0, 0.1) is 11.7 Å². The van der Waals surface area contributed by atoms with Gasteiger partial charge in [-0.1, -0.05) is 40.9 Å². The zero-order chi connectivity index (χ0) is 21.7. The summed E-state index contributed by atoms with van der Waals surface area (Å²) in [5.41, 5.74) is -2.87. The lowest BCUT2D eigenvalue weighted by molar-refractivity contribution is -0.183. The van der Waals surface area contributed by atoms with E-state index in [4.69, 9.17) is 34.8 Å². The first kappa shape index (κ1) is 22.5. The Hall–Kier alpha value is -1.15. The maximum Gasteiger partial charge on any atom is 0.404 e. The van der Waals surface area contributed by atoms with Gasteiger partial charge in [0.25, 0.3) is 0 Å². The van der Waals surface area contributed by atoms with Gasteiger partial charge in [0.1, 0.15) is 17.0 Å². The quantitative estimate of drug-likeness (QED) is 0.300. The van der Waals surface area contributed by atoms with Gasteiger partial charge in [-0.2, -0.15) is 13.2 Å². The Labute approximate surface area is 187 Å². The third-order valence-electron chi connectivity index (χ3n) is 4.90. The molecule has 0 fully saturated rings. The van der Waals surface area contributed by atoms with Crippen LogP contribution in [0.3, 0.4) is 0 Å². The van der Waals surface area contributed by atoms with Crippen LogP contribution in [0.1, 0.15) is 24.1 Å². The second-order valence-electron chi connectivity index (χ2n) is 6.61. The number of carbonyl (C=O) groups excluding carboxylic acids is 1. The number of alkyl halides is 3. The number of benzene rings is 2. The van der Waals surface area contributed by atoms with Gasteiger partial charge in [-0.05, 0) is 58.2 Å². The molecule has 0 amide bonds. The second-order valence-corrected chi connectivity index (χ2v) is 8.65. The fourth-order valence-corrected chi connectivity index (χ4v) is 4.59. The fraction of sp³-hybridized carbons (Fsp3) is 0.263. The summed E-state index contributed by atoms with van der Waals surface area (Å²) in [6.07, 6.45) is -4.20. The first-order chi connectivity index (χ1) is 13.4. The Morgan fingerprint density at radius 3 is 2.21 bits per heavy atom. The molecule has 0 spiro atoms. The minimum Gasteiger partial charge on any atom is -0.300 e. The molecule has 3 rings (SSSR count). The predicted octanol–water partition coefficient (Wildman–Crippen LogP) is 7.38. The number of nitrogens with zero attached hydrogens (tertiary/aromatic N) is 1. The lowest BCUT2D eigenvalue weighted by Crippen LogP contribution is -2.51. The van der Waals surface area contributed by atoms with Crippen LogP contribution < -0.4 is 0 Å². The van der Waals surface area contributed by atoms with Crippen LogP contribution in [0.25, 0.3) is 0 Å². The standard InChI is InChI=1S/C19H11BrCl3F4NO/c1-8(29)15-17(9-2-3-14(24)11(20)4-9)28-7-18(15,19(25,26)27)10-5-12(21)16(23)13(22)6-10/h2-7,15,17H,1H3. The zero-order valence-corrected chi connectivity index (χ0v) is 18.4. The number of hydrogen-bond acceptors (Lipinski definition) is 2. The lowest BCUT2D eigenvalue weighted by atomic mass is 9.67. The average molecular weight is 532 g/mol. The highest BCUT2D eigenvalue weighted by Crippen LogP contribution is 2.55. The van der Waals surface area contributed by atoms with Crippen LogP contribution in [0.2, 0.25) is 15.1 Å². The molecule has 0 aromatic heterocycles. The van der Waals surface area contributed by atoms with Crippen molar-refractivity contribution in [1.29, 1.82) is 0 Å². The van der Waals surface area contributed by atoms with E-state index in [1.54, 1.807) is 0 Å². The molecule has 0 bridgehead atoms. The number of ketones is 1. The molecule has 0 N–H and O–H groups in total. The maximum atomic E-state index is 14.5. The average Bonchev–Trinajstić information content (AvgIpc) is 3.03. The van der Waals surface area contributed by atoms with Crippen molar-refractivity contribution >= 4 is 62.7 Å². The van der Waals surface area contributed by atoms with Gasteiger partial charge in [0.05, 0.1) is 31.5 Å². The highest BCUT2D eigenvalue weighted by Gasteiger charge is 2.65. The molecule has 10 heteroatoms. The Bertz CT molecular complexity index is 1000. The van der Waals surface area contributed by atoms with Gasteiger partial charge in [0.15, 0.2) is 0 Å². The molecule has 0 aliphatic carbocycles. The van der Waals surface area contributed by atoms with E-state index in [9.17, 15) is 22.4 Å². The van der Waals surface area contributed by atoms with Gasteiger partial charge in [-0.25, -0.2) is 4.39 Å². The SMILES string of the molecule is CC(=O)C1C(c2ccc(F)c(Br)c2)N=CC1(c1cc(Cl)c(Cl)c(Cl)c1)C(F)(F)F. The summed E-state index contributed by atoms with van der Waals surface area (Å²) < 4.78 is 57.1. The van der Waals surface area contributed by atoms with Gasteiger partial charge in [0, 0.05) is 6.21 Å². The molecule has 0 saturated heterocycles. The topological polar surface area (TPSA) is 29.4 Å². The van der Waals surface area contributed by atoms with Crippen molar-refractivity contribution in [2.45, 2.75) is 24.6 Å². The van der Waals surface area contributed by atoms with Gasteiger partial charge in [0.2, 0.25) is 0 Å². The van der Waals surface area contributed by atoms with E-state index < -0.39 is 35.2 Å². The van der Waals surface area contributed by atoms with Crippen molar-refractivity contribution in [2.24, 2.45) is 10.9 Å². The molecule has 0 saturated carbocycles. The van der Waals surface area contributed by atoms with Crippen molar-refractivity contribution in [3.05, 3.63) is 66.8 Å². The minimum atomic E-state index is -4.90. The van der Waals surface area contributed by atoms with Crippen LogP contribution in [-0.2, 0) is 10.2 Å². The Balaban J connectivity index is 2.26. The molecular weight excluding hydrogens is 520 g/mol. The number of aliphatic imine (C=N–C) groups is 1. The fourth-order valence-electron chi connectivity index (χ4n) is 3.59. The molecule has 2 nitrogen and oxygen atoms in total. The normalized spacial score (nSPS) is 24.2. The van der Waals surface area contributed by atoms with Crippen LogP contribution in [0.5, 0.6) is 0 Å². The molecule has 154 valence electrons. The summed E-state index contributed by atoms with van der Waals surface area (Å²) >= 11 is 20.8. The van der Waals surface area contributed by atoms with Crippen LogP contribution in [0.15, 0.2) is 39.8 Å². The summed E-state index contributed by atoms with van der Waals surface area (Å²) in [5.74, 6) is -2.98. The Morgan fingerprint density at radius 2 is 1.72 bits per heavy atom. The van der Waals surface area contributed by atoms with E-state index >= 15 is 0 Å². The molecule has 2 aromatic rings. The molecule has 1 heterocycles. The molecule has 3 atom stereocenters. The van der Waals surface area contributed by atoms with Crippen molar-refractivity contribution in [1.82, 2.24) is 0 Å². The number of carbonyl (C=O) groups is 1.